The molecule has 1 atom stereocenters. The molecular weight excluding hydrogens is 244 g/mol. The van der Waals surface area contributed by atoms with Crippen molar-refractivity contribution in [2.75, 3.05) is 19.6 Å². The van der Waals surface area contributed by atoms with Gasteiger partial charge in [0.1, 0.15) is 0 Å². The van der Waals surface area contributed by atoms with Crippen LogP contribution in [0.15, 0.2) is 30.3 Å². The second-order valence-corrected chi connectivity index (χ2v) is 5.99. The van der Waals surface area contributed by atoms with Crippen LogP contribution in [0.5, 0.6) is 0 Å². The minimum absolute atomic E-state index is 0.861. The van der Waals surface area contributed by atoms with Gasteiger partial charge in [0, 0.05) is 12.6 Å². The van der Waals surface area contributed by atoms with Gasteiger partial charge in [-0.3, -0.25) is 0 Å². The Balaban J connectivity index is 1.56. The maximum atomic E-state index is 3.57. The van der Waals surface area contributed by atoms with E-state index in [4.69, 9.17) is 0 Å². The molecule has 0 saturated carbocycles. The molecule has 112 valence electrons. The summed E-state index contributed by atoms with van der Waals surface area (Å²) in [5, 5.41) is 3.57. The molecule has 2 rings (SSSR count). The molecule has 0 unspecified atom stereocenters. The minimum atomic E-state index is 0.861. The van der Waals surface area contributed by atoms with Crippen LogP contribution < -0.4 is 5.32 Å². The zero-order valence-corrected chi connectivity index (χ0v) is 13.0. The predicted molar refractivity (Wildman–Crippen MR) is 86.9 cm³/mol. The van der Waals surface area contributed by atoms with Gasteiger partial charge in [-0.1, -0.05) is 43.7 Å². The molecule has 20 heavy (non-hydrogen) atoms. The average Bonchev–Trinajstić information content (AvgIpc) is 2.93. The van der Waals surface area contributed by atoms with Gasteiger partial charge in [-0.25, -0.2) is 0 Å². The molecular formula is C18H30N2. The summed E-state index contributed by atoms with van der Waals surface area (Å²) >= 11 is 0. The number of nitrogens with one attached hydrogen (secondary N) is 1. The van der Waals surface area contributed by atoms with Crippen LogP contribution in [0.4, 0.5) is 0 Å². The fourth-order valence-electron chi connectivity index (χ4n) is 3.17. The monoisotopic (exact) mass is 274 g/mol. The molecule has 1 N–H and O–H groups in total. The summed E-state index contributed by atoms with van der Waals surface area (Å²) in [5.41, 5.74) is 1.39. The molecule has 2 nitrogen and oxygen atoms in total. The van der Waals surface area contributed by atoms with Gasteiger partial charge in [0.05, 0.1) is 0 Å². The number of hydrogen-bond acceptors (Lipinski definition) is 2. The molecule has 2 heteroatoms. The molecule has 0 bridgehead atoms. The second kappa shape index (κ2) is 9.15. The number of rotatable bonds is 9. The van der Waals surface area contributed by atoms with Crippen molar-refractivity contribution in [1.29, 1.82) is 0 Å². The third-order valence-corrected chi connectivity index (χ3v) is 4.36. The summed E-state index contributed by atoms with van der Waals surface area (Å²) < 4.78 is 0. The highest BCUT2D eigenvalue weighted by Gasteiger charge is 2.22. The summed E-state index contributed by atoms with van der Waals surface area (Å²) in [5.74, 6) is 0. The van der Waals surface area contributed by atoms with Crippen LogP contribution in [-0.2, 0) is 6.54 Å². The molecule has 1 aromatic rings. The van der Waals surface area contributed by atoms with E-state index in [1.54, 1.807) is 0 Å². The second-order valence-electron chi connectivity index (χ2n) is 5.99. The van der Waals surface area contributed by atoms with E-state index in [-0.39, 0.29) is 0 Å². The van der Waals surface area contributed by atoms with Crippen molar-refractivity contribution in [2.24, 2.45) is 0 Å². The molecule has 0 aromatic heterocycles. The number of likely N-dealkylation sites (tertiary alicyclic amines) is 1. The topological polar surface area (TPSA) is 15.3 Å². The third kappa shape index (κ3) is 5.26. The molecule has 1 saturated heterocycles. The summed E-state index contributed by atoms with van der Waals surface area (Å²) in [4.78, 5) is 2.72. The highest BCUT2D eigenvalue weighted by molar-refractivity contribution is 5.14. The van der Waals surface area contributed by atoms with Gasteiger partial charge in [0.15, 0.2) is 0 Å². The number of nitrogens with zero attached hydrogens (tertiary/aromatic N) is 1. The molecule has 1 aromatic carbocycles. The maximum Gasteiger partial charge on any atom is 0.0205 e. The van der Waals surface area contributed by atoms with Crippen molar-refractivity contribution in [3.8, 4) is 0 Å². The molecule has 1 fully saturated rings. The lowest BCUT2D eigenvalue weighted by Crippen LogP contribution is -2.31. The van der Waals surface area contributed by atoms with E-state index in [9.17, 15) is 0 Å². The van der Waals surface area contributed by atoms with E-state index in [1.807, 2.05) is 0 Å². The fraction of sp³-hybridized carbons (Fsp3) is 0.667. The van der Waals surface area contributed by atoms with Crippen LogP contribution in [0.3, 0.4) is 0 Å². The SMILES string of the molecule is CCCCN1CCC[C@@H]1CCCNCc1ccccc1. The van der Waals surface area contributed by atoms with E-state index in [2.05, 4.69) is 47.5 Å². The van der Waals surface area contributed by atoms with Gasteiger partial charge >= 0.3 is 0 Å². The first kappa shape index (κ1) is 15.5. The Morgan fingerprint density at radius 3 is 2.85 bits per heavy atom. The number of unbranched alkanes of at least 4 members (excludes halogenated alkanes) is 1. The molecule has 0 amide bonds. The lowest BCUT2D eigenvalue weighted by atomic mass is 10.1. The number of benzene rings is 1. The average molecular weight is 274 g/mol. The molecule has 1 aliphatic heterocycles. The van der Waals surface area contributed by atoms with Crippen LogP contribution in [-0.4, -0.2) is 30.6 Å². The van der Waals surface area contributed by atoms with Crippen LogP contribution in [0, 0.1) is 0 Å². The Hall–Kier alpha value is -0.860. The molecule has 1 aliphatic rings. The van der Waals surface area contributed by atoms with Gasteiger partial charge < -0.3 is 10.2 Å². The molecule has 0 radical (unpaired) electrons. The molecule has 1 heterocycles. The molecule has 0 spiro atoms. The van der Waals surface area contributed by atoms with Crippen molar-refractivity contribution >= 4 is 0 Å². The van der Waals surface area contributed by atoms with Gasteiger partial charge in [0.25, 0.3) is 0 Å². The van der Waals surface area contributed by atoms with Gasteiger partial charge in [-0.15, -0.1) is 0 Å². The lowest BCUT2D eigenvalue weighted by Gasteiger charge is -2.24. The first-order chi connectivity index (χ1) is 9.90. The van der Waals surface area contributed by atoms with E-state index in [0.717, 1.165) is 19.1 Å². The number of hydrogen-bond donors (Lipinski definition) is 1. The summed E-state index contributed by atoms with van der Waals surface area (Å²) in [6, 6.07) is 11.5. The van der Waals surface area contributed by atoms with E-state index >= 15 is 0 Å². The van der Waals surface area contributed by atoms with Crippen LogP contribution in [0.2, 0.25) is 0 Å². The first-order valence-electron chi connectivity index (χ1n) is 8.39. The Morgan fingerprint density at radius 2 is 2.05 bits per heavy atom. The summed E-state index contributed by atoms with van der Waals surface area (Å²) in [6.45, 7) is 7.09. The third-order valence-electron chi connectivity index (χ3n) is 4.36. The van der Waals surface area contributed by atoms with Crippen molar-refractivity contribution in [1.82, 2.24) is 10.2 Å². The Bertz CT molecular complexity index is 350. The fourth-order valence-corrected chi connectivity index (χ4v) is 3.17. The zero-order chi connectivity index (χ0) is 14.0. The normalized spacial score (nSPS) is 19.6. The maximum absolute atomic E-state index is 3.57. The largest absolute Gasteiger partial charge is 0.313 e. The van der Waals surface area contributed by atoms with Crippen molar-refractivity contribution in [2.45, 2.75) is 58.0 Å². The summed E-state index contributed by atoms with van der Waals surface area (Å²) in [6.07, 6.45) is 8.18. The molecule has 0 aliphatic carbocycles. The van der Waals surface area contributed by atoms with Gasteiger partial charge in [-0.2, -0.15) is 0 Å². The van der Waals surface area contributed by atoms with E-state index < -0.39 is 0 Å². The predicted octanol–water partition coefficient (Wildman–Crippen LogP) is 3.82. The van der Waals surface area contributed by atoms with Crippen molar-refractivity contribution in [3.63, 3.8) is 0 Å². The highest BCUT2D eigenvalue weighted by atomic mass is 15.2. The zero-order valence-electron chi connectivity index (χ0n) is 13.0. The first-order valence-corrected chi connectivity index (χ1v) is 8.39. The smallest absolute Gasteiger partial charge is 0.0205 e. The van der Waals surface area contributed by atoms with Crippen molar-refractivity contribution < 1.29 is 0 Å². The van der Waals surface area contributed by atoms with Crippen LogP contribution >= 0.6 is 0 Å². The van der Waals surface area contributed by atoms with E-state index in [1.165, 1.54) is 57.2 Å². The van der Waals surface area contributed by atoms with Crippen molar-refractivity contribution in [3.05, 3.63) is 35.9 Å². The van der Waals surface area contributed by atoms with Crippen LogP contribution in [0.25, 0.3) is 0 Å². The lowest BCUT2D eigenvalue weighted by molar-refractivity contribution is 0.236. The van der Waals surface area contributed by atoms with Gasteiger partial charge in [-0.05, 0) is 57.3 Å². The quantitative estimate of drug-likeness (QED) is 0.689. The standard InChI is InChI=1S/C18H30N2/c1-2-3-14-20-15-8-12-18(20)11-7-13-19-16-17-9-5-4-6-10-17/h4-6,9-10,18-19H,2-3,7-8,11-16H2,1H3/t18-/m0/s1. The minimum Gasteiger partial charge on any atom is -0.313 e. The Kier molecular flexibility index (Phi) is 7.10. The highest BCUT2D eigenvalue weighted by Crippen LogP contribution is 2.21. The Labute approximate surface area is 124 Å². The summed E-state index contributed by atoms with van der Waals surface area (Å²) in [7, 11) is 0. The Morgan fingerprint density at radius 1 is 1.20 bits per heavy atom. The van der Waals surface area contributed by atoms with Gasteiger partial charge in [0.2, 0.25) is 0 Å². The van der Waals surface area contributed by atoms with Crippen LogP contribution in [0.1, 0.15) is 51.0 Å². The van der Waals surface area contributed by atoms with E-state index in [0.29, 0.717) is 0 Å².